The molecule has 98 valence electrons. The van der Waals surface area contributed by atoms with Crippen LogP contribution in [0.4, 0.5) is 5.13 Å². The highest BCUT2D eigenvalue weighted by Gasteiger charge is 2.31. The number of carbonyl (C=O) groups is 1. The Morgan fingerprint density at radius 1 is 1.44 bits per heavy atom. The number of carbonyl (C=O) groups excluding carboxylic acids is 1. The lowest BCUT2D eigenvalue weighted by Crippen LogP contribution is -2.50. The van der Waals surface area contributed by atoms with Crippen LogP contribution in [0.15, 0.2) is 0 Å². The maximum Gasteiger partial charge on any atom is 0.245 e. The summed E-state index contributed by atoms with van der Waals surface area (Å²) in [5.74, 6) is 0.204. The predicted octanol–water partition coefficient (Wildman–Crippen LogP) is 1.74. The lowest BCUT2D eigenvalue weighted by molar-refractivity contribution is -0.121. The molecule has 5 heteroatoms. The Hall–Kier alpha value is -0.940. The molecule has 4 nitrogen and oxygen atoms in total. The Morgan fingerprint density at radius 2 is 2.33 bits per heavy atom. The van der Waals surface area contributed by atoms with E-state index < -0.39 is 0 Å². The molecule has 1 fully saturated rings. The molecule has 0 bridgehead atoms. The Balaban J connectivity index is 1.79. The van der Waals surface area contributed by atoms with E-state index in [2.05, 4.69) is 10.3 Å². The topological polar surface area (TPSA) is 45.2 Å². The van der Waals surface area contributed by atoms with Crippen LogP contribution in [0.5, 0.6) is 0 Å². The molecule has 2 aliphatic rings. The average Bonchev–Trinajstić information content (AvgIpc) is 2.92. The summed E-state index contributed by atoms with van der Waals surface area (Å²) < 4.78 is 0. The van der Waals surface area contributed by atoms with Crippen molar-refractivity contribution < 1.29 is 4.79 Å². The number of piperidine rings is 1. The first-order valence-corrected chi connectivity index (χ1v) is 7.64. The molecular formula is C13H19N3OS. The second-order valence-electron chi connectivity index (χ2n) is 4.96. The number of amides is 1. The number of thiazole rings is 1. The van der Waals surface area contributed by atoms with Crippen LogP contribution >= 0.6 is 11.3 Å². The minimum atomic E-state index is -0.0116. The van der Waals surface area contributed by atoms with Gasteiger partial charge in [0.25, 0.3) is 0 Å². The van der Waals surface area contributed by atoms with Gasteiger partial charge in [0, 0.05) is 11.4 Å². The Morgan fingerprint density at radius 3 is 3.11 bits per heavy atom. The number of fused-ring (bicyclic) bond motifs is 1. The SMILES string of the molecule is CCNC1CCCN(c2nc3c(s2)CCC3)C1=O. The molecule has 3 rings (SSSR count). The Labute approximate surface area is 111 Å². The van der Waals surface area contributed by atoms with Crippen LogP contribution in [0.1, 0.15) is 36.8 Å². The normalized spacial score (nSPS) is 23.5. The van der Waals surface area contributed by atoms with Crippen molar-refractivity contribution in [3.63, 3.8) is 0 Å². The lowest BCUT2D eigenvalue weighted by atomic mass is 10.1. The van der Waals surface area contributed by atoms with Gasteiger partial charge in [0.1, 0.15) is 0 Å². The third-order valence-corrected chi connectivity index (χ3v) is 4.88. The van der Waals surface area contributed by atoms with Gasteiger partial charge < -0.3 is 5.32 Å². The van der Waals surface area contributed by atoms with Gasteiger partial charge in [-0.3, -0.25) is 9.69 Å². The lowest BCUT2D eigenvalue weighted by Gasteiger charge is -2.30. The summed E-state index contributed by atoms with van der Waals surface area (Å²) in [7, 11) is 0. The number of nitrogens with one attached hydrogen (secondary N) is 1. The van der Waals surface area contributed by atoms with Gasteiger partial charge in [-0.1, -0.05) is 6.92 Å². The van der Waals surface area contributed by atoms with Crippen LogP contribution < -0.4 is 10.2 Å². The maximum absolute atomic E-state index is 12.4. The summed E-state index contributed by atoms with van der Waals surface area (Å²) in [6.45, 7) is 3.72. The van der Waals surface area contributed by atoms with E-state index in [0.29, 0.717) is 0 Å². The zero-order valence-electron chi connectivity index (χ0n) is 10.7. The molecule has 1 amide bonds. The Bertz CT molecular complexity index is 434. The van der Waals surface area contributed by atoms with Crippen LogP contribution in [0.2, 0.25) is 0 Å². The van der Waals surface area contributed by atoms with Crippen molar-refractivity contribution in [1.29, 1.82) is 0 Å². The number of nitrogens with zero attached hydrogens (tertiary/aromatic N) is 2. The second kappa shape index (κ2) is 4.97. The first kappa shape index (κ1) is 12.1. The van der Waals surface area contributed by atoms with Gasteiger partial charge in [0.2, 0.25) is 5.91 Å². The van der Waals surface area contributed by atoms with E-state index in [0.717, 1.165) is 43.9 Å². The molecule has 1 N–H and O–H groups in total. The van der Waals surface area contributed by atoms with E-state index >= 15 is 0 Å². The van der Waals surface area contributed by atoms with Crippen LogP contribution in [0, 0.1) is 0 Å². The average molecular weight is 265 g/mol. The van der Waals surface area contributed by atoms with Crippen LogP contribution in [-0.2, 0) is 17.6 Å². The van der Waals surface area contributed by atoms with Gasteiger partial charge >= 0.3 is 0 Å². The minimum absolute atomic E-state index is 0.0116. The molecule has 2 heterocycles. The van der Waals surface area contributed by atoms with E-state index in [4.69, 9.17) is 0 Å². The molecule has 1 aromatic rings. The molecule has 1 atom stereocenters. The third-order valence-electron chi connectivity index (χ3n) is 3.70. The number of anilines is 1. The van der Waals surface area contributed by atoms with E-state index in [1.807, 2.05) is 11.8 Å². The molecule has 0 aromatic carbocycles. The van der Waals surface area contributed by atoms with Gasteiger partial charge in [-0.15, -0.1) is 11.3 Å². The summed E-state index contributed by atoms with van der Waals surface area (Å²) >= 11 is 1.72. The number of rotatable bonds is 3. The zero-order valence-corrected chi connectivity index (χ0v) is 11.6. The summed E-state index contributed by atoms with van der Waals surface area (Å²) in [5, 5.41) is 4.19. The number of aromatic nitrogens is 1. The molecule has 1 aliphatic carbocycles. The highest BCUT2D eigenvalue weighted by Crippen LogP contribution is 2.33. The maximum atomic E-state index is 12.4. The predicted molar refractivity (Wildman–Crippen MR) is 73.2 cm³/mol. The largest absolute Gasteiger partial charge is 0.306 e. The second-order valence-corrected chi connectivity index (χ2v) is 6.02. The molecule has 1 aliphatic heterocycles. The highest BCUT2D eigenvalue weighted by molar-refractivity contribution is 7.16. The number of hydrogen-bond donors (Lipinski definition) is 1. The van der Waals surface area contributed by atoms with E-state index in [1.165, 1.54) is 17.0 Å². The fraction of sp³-hybridized carbons (Fsp3) is 0.692. The number of hydrogen-bond acceptors (Lipinski definition) is 4. The summed E-state index contributed by atoms with van der Waals surface area (Å²) in [6.07, 6.45) is 5.47. The number of likely N-dealkylation sites (N-methyl/N-ethyl adjacent to an activating group) is 1. The summed E-state index contributed by atoms with van der Waals surface area (Å²) in [5.41, 5.74) is 1.23. The third kappa shape index (κ3) is 2.06. The molecule has 1 aromatic heterocycles. The van der Waals surface area contributed by atoms with Crippen molar-refractivity contribution in [2.45, 2.75) is 45.1 Å². The van der Waals surface area contributed by atoms with Crippen LogP contribution in [0.3, 0.4) is 0 Å². The Kier molecular flexibility index (Phi) is 3.35. The van der Waals surface area contributed by atoms with E-state index in [1.54, 1.807) is 11.3 Å². The first-order chi connectivity index (χ1) is 8.79. The molecule has 0 radical (unpaired) electrons. The van der Waals surface area contributed by atoms with Crippen LogP contribution in [0.25, 0.3) is 0 Å². The minimum Gasteiger partial charge on any atom is -0.306 e. The van der Waals surface area contributed by atoms with Crippen molar-refractivity contribution in [3.8, 4) is 0 Å². The molecule has 0 saturated carbocycles. The van der Waals surface area contributed by atoms with Crippen molar-refractivity contribution in [3.05, 3.63) is 10.6 Å². The number of aryl methyl sites for hydroxylation is 2. The summed E-state index contributed by atoms with van der Waals surface area (Å²) in [4.78, 5) is 20.3. The van der Waals surface area contributed by atoms with Gasteiger partial charge in [-0.05, 0) is 38.6 Å². The fourth-order valence-corrected chi connectivity index (χ4v) is 3.97. The molecule has 18 heavy (non-hydrogen) atoms. The van der Waals surface area contributed by atoms with Gasteiger partial charge in [0.15, 0.2) is 5.13 Å². The van der Waals surface area contributed by atoms with Crippen molar-refractivity contribution >= 4 is 22.4 Å². The van der Waals surface area contributed by atoms with Crippen molar-refractivity contribution in [1.82, 2.24) is 10.3 Å². The fourth-order valence-electron chi connectivity index (χ4n) is 2.79. The van der Waals surface area contributed by atoms with Crippen molar-refractivity contribution in [2.75, 3.05) is 18.0 Å². The first-order valence-electron chi connectivity index (χ1n) is 6.83. The van der Waals surface area contributed by atoms with Gasteiger partial charge in [-0.2, -0.15) is 0 Å². The van der Waals surface area contributed by atoms with Gasteiger partial charge in [-0.25, -0.2) is 4.98 Å². The quantitative estimate of drug-likeness (QED) is 0.905. The molecule has 1 unspecified atom stereocenters. The van der Waals surface area contributed by atoms with Crippen LogP contribution in [-0.4, -0.2) is 30.0 Å². The summed E-state index contributed by atoms with van der Waals surface area (Å²) in [6, 6.07) is -0.0116. The molecular weight excluding hydrogens is 246 g/mol. The smallest absolute Gasteiger partial charge is 0.245 e. The standard InChI is InChI=1S/C13H19N3OS/c1-2-14-10-6-4-8-16(12(10)17)13-15-9-5-3-7-11(9)18-13/h10,14H,2-8H2,1H3. The monoisotopic (exact) mass is 265 g/mol. The van der Waals surface area contributed by atoms with Crippen molar-refractivity contribution in [2.24, 2.45) is 0 Å². The van der Waals surface area contributed by atoms with Gasteiger partial charge in [0.05, 0.1) is 11.7 Å². The highest BCUT2D eigenvalue weighted by atomic mass is 32.1. The van der Waals surface area contributed by atoms with E-state index in [-0.39, 0.29) is 11.9 Å². The molecule has 1 saturated heterocycles. The zero-order chi connectivity index (χ0) is 12.5. The molecule has 0 spiro atoms. The van der Waals surface area contributed by atoms with E-state index in [9.17, 15) is 4.79 Å².